The van der Waals surface area contributed by atoms with E-state index in [0.717, 1.165) is 4.47 Å². The number of nitrogens with one attached hydrogen (secondary N) is 1. The Balaban J connectivity index is 1.60. The van der Waals surface area contributed by atoms with Crippen LogP contribution in [-0.2, 0) is 0 Å². The highest BCUT2D eigenvalue weighted by Crippen LogP contribution is 2.37. The molecule has 6 nitrogen and oxygen atoms in total. The summed E-state index contributed by atoms with van der Waals surface area (Å²) in [6.07, 6.45) is 0. The number of hydrogen-bond acceptors (Lipinski definition) is 4. The number of aromatic nitrogens is 2. The SMILES string of the molecule is O=C(N=Nc1c(O)[nH]c2ccc(Br)cc12)c1cc(-c2ccc(F)cc2)nc2ccccc12. The van der Waals surface area contributed by atoms with Gasteiger partial charge in [-0.2, -0.15) is 0 Å². The summed E-state index contributed by atoms with van der Waals surface area (Å²) in [5.74, 6) is -1.12. The Morgan fingerprint density at radius 1 is 1.00 bits per heavy atom. The summed E-state index contributed by atoms with van der Waals surface area (Å²) in [7, 11) is 0. The molecule has 2 heterocycles. The molecule has 156 valence electrons. The van der Waals surface area contributed by atoms with Crippen molar-refractivity contribution in [3.63, 3.8) is 0 Å². The molecule has 5 aromatic rings. The summed E-state index contributed by atoms with van der Waals surface area (Å²) in [6.45, 7) is 0. The zero-order chi connectivity index (χ0) is 22.2. The summed E-state index contributed by atoms with van der Waals surface area (Å²) in [5.41, 5.74) is 2.93. The van der Waals surface area contributed by atoms with E-state index < -0.39 is 5.91 Å². The molecule has 0 spiro atoms. The smallest absolute Gasteiger partial charge is 0.296 e. The molecule has 3 aromatic carbocycles. The van der Waals surface area contributed by atoms with Gasteiger partial charge in [0.05, 0.1) is 22.3 Å². The van der Waals surface area contributed by atoms with Crippen molar-refractivity contribution < 1.29 is 14.3 Å². The van der Waals surface area contributed by atoms with Crippen molar-refractivity contribution in [2.45, 2.75) is 0 Å². The summed E-state index contributed by atoms with van der Waals surface area (Å²) < 4.78 is 14.1. The van der Waals surface area contributed by atoms with Gasteiger partial charge in [-0.05, 0) is 54.6 Å². The molecule has 0 aliphatic heterocycles. The minimum Gasteiger partial charge on any atom is -0.493 e. The highest BCUT2D eigenvalue weighted by atomic mass is 79.9. The fourth-order valence-electron chi connectivity index (χ4n) is 3.51. The van der Waals surface area contributed by atoms with Crippen LogP contribution >= 0.6 is 15.9 Å². The monoisotopic (exact) mass is 488 g/mol. The van der Waals surface area contributed by atoms with Crippen LogP contribution in [0.2, 0.25) is 0 Å². The maximum atomic E-state index is 13.3. The fraction of sp³-hybridized carbons (Fsp3) is 0. The molecule has 0 saturated carbocycles. The number of carbonyl (C=O) groups excluding carboxylic acids is 1. The quantitative estimate of drug-likeness (QED) is 0.270. The van der Waals surface area contributed by atoms with Gasteiger partial charge in [-0.3, -0.25) is 4.79 Å². The minimum atomic E-state index is -0.587. The molecular formula is C24H14BrFN4O2. The van der Waals surface area contributed by atoms with Crippen LogP contribution in [0.5, 0.6) is 5.88 Å². The van der Waals surface area contributed by atoms with Gasteiger partial charge in [-0.1, -0.05) is 34.1 Å². The lowest BCUT2D eigenvalue weighted by molar-refractivity contribution is 0.0996. The summed E-state index contributed by atoms with van der Waals surface area (Å²) in [5, 5.41) is 19.4. The highest BCUT2D eigenvalue weighted by Gasteiger charge is 2.16. The normalized spacial score (nSPS) is 11.6. The molecule has 0 aliphatic rings. The standard InChI is InChI=1S/C24H14BrFN4O2/c25-14-7-10-20-18(11-14)22(24(32)28-20)29-30-23(31)17-12-21(13-5-8-15(26)9-6-13)27-19-4-2-1-3-16(17)19/h1-12,28,32H. The predicted octanol–water partition coefficient (Wildman–Crippen LogP) is 6.91. The number of aromatic amines is 1. The van der Waals surface area contributed by atoms with Gasteiger partial charge < -0.3 is 10.1 Å². The van der Waals surface area contributed by atoms with E-state index in [9.17, 15) is 14.3 Å². The van der Waals surface area contributed by atoms with Crippen molar-refractivity contribution in [3.05, 3.63) is 88.6 Å². The average Bonchev–Trinajstić information content (AvgIpc) is 3.11. The molecule has 0 saturated heterocycles. The molecule has 0 unspecified atom stereocenters. The molecule has 0 aliphatic carbocycles. The lowest BCUT2D eigenvalue weighted by Gasteiger charge is -2.07. The van der Waals surface area contributed by atoms with Crippen molar-refractivity contribution in [1.29, 1.82) is 0 Å². The number of H-pyrrole nitrogens is 1. The number of carbonyl (C=O) groups is 1. The van der Waals surface area contributed by atoms with Crippen LogP contribution in [0, 0.1) is 5.82 Å². The van der Waals surface area contributed by atoms with E-state index in [1.807, 2.05) is 12.1 Å². The third-order valence-corrected chi connectivity index (χ3v) is 5.53. The number of hydrogen-bond donors (Lipinski definition) is 2. The second-order valence-electron chi connectivity index (χ2n) is 7.10. The van der Waals surface area contributed by atoms with E-state index >= 15 is 0 Å². The summed E-state index contributed by atoms with van der Waals surface area (Å²) in [6, 6.07) is 20.1. The Kier molecular flexibility index (Phi) is 4.99. The van der Waals surface area contributed by atoms with Crippen LogP contribution in [0.25, 0.3) is 33.1 Å². The molecule has 0 fully saturated rings. The predicted molar refractivity (Wildman–Crippen MR) is 124 cm³/mol. The van der Waals surface area contributed by atoms with Crippen LogP contribution in [0.15, 0.2) is 87.5 Å². The number of rotatable bonds is 3. The fourth-order valence-corrected chi connectivity index (χ4v) is 3.87. The van der Waals surface area contributed by atoms with Gasteiger partial charge >= 0.3 is 0 Å². The zero-order valence-corrected chi connectivity index (χ0v) is 18.0. The van der Waals surface area contributed by atoms with Gasteiger partial charge in [0, 0.05) is 20.8 Å². The van der Waals surface area contributed by atoms with E-state index in [-0.39, 0.29) is 17.4 Å². The minimum absolute atomic E-state index is 0.173. The van der Waals surface area contributed by atoms with E-state index in [1.165, 1.54) is 12.1 Å². The first kappa shape index (κ1) is 20.0. The first-order valence-corrected chi connectivity index (χ1v) is 10.4. The Morgan fingerprint density at radius 3 is 2.59 bits per heavy atom. The average molecular weight is 489 g/mol. The number of nitrogens with zero attached hydrogens (tertiary/aromatic N) is 3. The van der Waals surface area contributed by atoms with Crippen molar-refractivity contribution in [2.75, 3.05) is 0 Å². The Bertz CT molecular complexity index is 1530. The second kappa shape index (κ2) is 7.97. The number of aromatic hydroxyl groups is 1. The van der Waals surface area contributed by atoms with Crippen LogP contribution < -0.4 is 0 Å². The maximum Gasteiger partial charge on any atom is 0.296 e. The Morgan fingerprint density at radius 2 is 1.78 bits per heavy atom. The molecule has 8 heteroatoms. The van der Waals surface area contributed by atoms with Crippen molar-refractivity contribution in [2.24, 2.45) is 10.2 Å². The van der Waals surface area contributed by atoms with Gasteiger partial charge in [0.1, 0.15) is 5.82 Å². The van der Waals surface area contributed by atoms with Crippen LogP contribution in [0.4, 0.5) is 10.1 Å². The van der Waals surface area contributed by atoms with Crippen molar-refractivity contribution >= 4 is 49.3 Å². The van der Waals surface area contributed by atoms with Gasteiger partial charge in [0.25, 0.3) is 5.91 Å². The molecule has 0 radical (unpaired) electrons. The Labute approximate surface area is 189 Å². The van der Waals surface area contributed by atoms with Gasteiger partial charge in [-0.15, -0.1) is 10.2 Å². The molecule has 5 rings (SSSR count). The topological polar surface area (TPSA) is 90.7 Å². The van der Waals surface area contributed by atoms with E-state index in [4.69, 9.17) is 0 Å². The lowest BCUT2D eigenvalue weighted by Crippen LogP contribution is -1.99. The number of halogens is 2. The molecule has 2 aromatic heterocycles. The second-order valence-corrected chi connectivity index (χ2v) is 8.01. The van der Waals surface area contributed by atoms with Crippen molar-refractivity contribution in [3.8, 4) is 17.1 Å². The number of para-hydroxylation sites is 1. The van der Waals surface area contributed by atoms with E-state index in [2.05, 4.69) is 36.1 Å². The lowest BCUT2D eigenvalue weighted by atomic mass is 10.0. The molecule has 2 N–H and O–H groups in total. The largest absolute Gasteiger partial charge is 0.493 e. The van der Waals surface area contributed by atoms with Crippen LogP contribution in [0.1, 0.15) is 10.4 Å². The maximum absolute atomic E-state index is 13.3. The molecule has 32 heavy (non-hydrogen) atoms. The first-order chi connectivity index (χ1) is 15.5. The van der Waals surface area contributed by atoms with Gasteiger partial charge in [-0.25, -0.2) is 9.37 Å². The van der Waals surface area contributed by atoms with E-state index in [0.29, 0.717) is 38.6 Å². The number of amides is 1. The van der Waals surface area contributed by atoms with Gasteiger partial charge in [0.2, 0.25) is 5.88 Å². The van der Waals surface area contributed by atoms with Crippen LogP contribution in [0.3, 0.4) is 0 Å². The molecule has 0 atom stereocenters. The number of benzene rings is 3. The third kappa shape index (κ3) is 3.65. The highest BCUT2D eigenvalue weighted by molar-refractivity contribution is 9.10. The number of pyridine rings is 1. The summed E-state index contributed by atoms with van der Waals surface area (Å²) in [4.78, 5) is 20.5. The summed E-state index contributed by atoms with van der Waals surface area (Å²) >= 11 is 3.39. The van der Waals surface area contributed by atoms with Crippen LogP contribution in [-0.4, -0.2) is 21.0 Å². The third-order valence-electron chi connectivity index (χ3n) is 5.04. The first-order valence-electron chi connectivity index (χ1n) is 9.61. The Hall–Kier alpha value is -3.91. The molecule has 1 amide bonds. The van der Waals surface area contributed by atoms with Gasteiger partial charge in [0.15, 0.2) is 5.69 Å². The molecule has 0 bridgehead atoms. The zero-order valence-electron chi connectivity index (χ0n) is 16.4. The number of azo groups is 1. The van der Waals surface area contributed by atoms with Crippen molar-refractivity contribution in [1.82, 2.24) is 9.97 Å². The molecular weight excluding hydrogens is 475 g/mol. The number of fused-ring (bicyclic) bond motifs is 2. The van der Waals surface area contributed by atoms with E-state index in [1.54, 1.807) is 48.5 Å².